The number of rotatable bonds is 7. The van der Waals surface area contributed by atoms with Crippen molar-refractivity contribution in [1.82, 2.24) is 25.2 Å². The fourth-order valence-corrected chi connectivity index (χ4v) is 8.84. The molecule has 0 unspecified atom stereocenters. The fourth-order valence-electron chi connectivity index (χ4n) is 7.48. The van der Waals surface area contributed by atoms with Crippen molar-refractivity contribution < 1.29 is 41.1 Å². The molecule has 5 aliphatic rings. The van der Waals surface area contributed by atoms with E-state index in [2.05, 4.69) is 21.9 Å². The van der Waals surface area contributed by atoms with Crippen LogP contribution in [0, 0.1) is 11.8 Å². The molecule has 1 aromatic carbocycles. The van der Waals surface area contributed by atoms with E-state index >= 15 is 8.78 Å². The molecule has 274 valence electrons. The van der Waals surface area contributed by atoms with Gasteiger partial charge in [0.2, 0.25) is 21.8 Å². The van der Waals surface area contributed by atoms with Crippen molar-refractivity contribution in [3.05, 3.63) is 47.5 Å². The Morgan fingerprint density at radius 3 is 2.54 bits per heavy atom. The van der Waals surface area contributed by atoms with Crippen LogP contribution in [0.25, 0.3) is 0 Å². The second kappa shape index (κ2) is 13.9. The Morgan fingerprint density at radius 1 is 1.12 bits per heavy atom. The Hall–Kier alpha value is -3.59. The highest BCUT2D eigenvalue weighted by molar-refractivity contribution is 7.91. The maximum absolute atomic E-state index is 15.1. The minimum Gasteiger partial charge on any atom is -0.444 e. The van der Waals surface area contributed by atoms with Crippen molar-refractivity contribution in [2.75, 3.05) is 13.1 Å². The molecule has 50 heavy (non-hydrogen) atoms. The summed E-state index contributed by atoms with van der Waals surface area (Å²) in [6, 6.07) is 3.56. The van der Waals surface area contributed by atoms with Gasteiger partial charge in [0.15, 0.2) is 0 Å². The number of carbonyl (C=O) groups excluding carboxylic acids is 4. The molecule has 0 aromatic heterocycles. The van der Waals surface area contributed by atoms with E-state index in [1.165, 1.54) is 11.0 Å². The normalized spacial score (nSPS) is 30.2. The first kappa shape index (κ1) is 36.2. The number of carbonyl (C=O) groups is 4. The van der Waals surface area contributed by atoms with Gasteiger partial charge in [-0.2, -0.15) is 0 Å². The summed E-state index contributed by atoms with van der Waals surface area (Å²) in [7, 11) is -3.92. The van der Waals surface area contributed by atoms with E-state index < -0.39 is 87.1 Å². The van der Waals surface area contributed by atoms with Crippen molar-refractivity contribution in [1.29, 1.82) is 0 Å². The summed E-state index contributed by atoms with van der Waals surface area (Å²) in [5, 5.41) is 4.80. The second-order valence-corrected chi connectivity index (χ2v) is 16.8. The number of nitrogens with one attached hydrogen (secondary N) is 3. The number of benzene rings is 1. The highest BCUT2D eigenvalue weighted by Gasteiger charge is 2.62. The van der Waals surface area contributed by atoms with Gasteiger partial charge in [0.25, 0.3) is 11.8 Å². The lowest BCUT2D eigenvalue weighted by atomic mass is 9.97. The third kappa shape index (κ3) is 7.53. The molecule has 5 atom stereocenters. The van der Waals surface area contributed by atoms with Gasteiger partial charge in [-0.05, 0) is 61.1 Å². The number of fused-ring (bicyclic) bond motifs is 3. The van der Waals surface area contributed by atoms with Gasteiger partial charge in [-0.1, -0.05) is 44.5 Å². The predicted octanol–water partition coefficient (Wildman–Crippen LogP) is 3.14. The fraction of sp³-hybridized carbons (Fsp3) is 0.657. The molecule has 3 heterocycles. The third-order valence-corrected chi connectivity index (χ3v) is 12.5. The van der Waals surface area contributed by atoms with Gasteiger partial charge in [-0.15, -0.1) is 6.58 Å². The standard InChI is InChI=1S/C35H47F2N5O7S/c1-4-24-16-35(24,32(45)40-50(47,48)26-12-13-26)39-30(43)28-15-25-18-42(28)31(44)29(21(2)3)38-20-34(36,37)14-7-5-6-9-22-10-8-11-23-17-41(19-27(22)23)33(46)49-25/h4,8,10-11,21,24-26,28-29,38H,1,5-7,9,12-20H2,2-3H3,(H,39,43)(H,40,45)/t24-,25-,28+,29+,35-/m1/s1. The van der Waals surface area contributed by atoms with E-state index in [4.69, 9.17) is 4.74 Å². The zero-order valence-electron chi connectivity index (χ0n) is 28.6. The minimum atomic E-state index is -3.92. The van der Waals surface area contributed by atoms with Gasteiger partial charge in [0, 0.05) is 31.8 Å². The van der Waals surface area contributed by atoms with Gasteiger partial charge < -0.3 is 15.0 Å². The van der Waals surface area contributed by atoms with E-state index in [0.29, 0.717) is 45.2 Å². The summed E-state index contributed by atoms with van der Waals surface area (Å²) < 4.78 is 63.4. The average Bonchev–Trinajstić information content (AvgIpc) is 3.94. The summed E-state index contributed by atoms with van der Waals surface area (Å²) in [6.45, 7) is 6.90. The van der Waals surface area contributed by atoms with E-state index in [1.54, 1.807) is 18.7 Å². The molecule has 1 saturated heterocycles. The molecular weight excluding hydrogens is 672 g/mol. The van der Waals surface area contributed by atoms with Crippen molar-refractivity contribution >= 4 is 33.8 Å². The van der Waals surface area contributed by atoms with Gasteiger partial charge in [0.1, 0.15) is 17.7 Å². The molecule has 3 fully saturated rings. The topological polar surface area (TPSA) is 154 Å². The molecule has 6 rings (SSSR count). The van der Waals surface area contributed by atoms with Crippen LogP contribution in [0.15, 0.2) is 30.9 Å². The zero-order chi connectivity index (χ0) is 36.0. The van der Waals surface area contributed by atoms with Crippen LogP contribution < -0.4 is 15.4 Å². The van der Waals surface area contributed by atoms with Crippen LogP contribution in [0.4, 0.5) is 13.6 Å². The Labute approximate surface area is 291 Å². The minimum absolute atomic E-state index is 0.104. The molecule has 0 spiro atoms. The summed E-state index contributed by atoms with van der Waals surface area (Å²) in [6.07, 6.45) is 2.83. The number of hydrogen-bond donors (Lipinski definition) is 3. The van der Waals surface area contributed by atoms with E-state index in [1.807, 2.05) is 18.2 Å². The Morgan fingerprint density at radius 2 is 1.86 bits per heavy atom. The number of nitrogens with zero attached hydrogens (tertiary/aromatic N) is 2. The quantitative estimate of drug-likeness (QED) is 0.364. The smallest absolute Gasteiger partial charge is 0.410 e. The van der Waals surface area contributed by atoms with Gasteiger partial charge in [0.05, 0.1) is 24.4 Å². The maximum atomic E-state index is 15.1. The van der Waals surface area contributed by atoms with Crippen molar-refractivity contribution in [2.24, 2.45) is 11.8 Å². The number of halogens is 2. The SMILES string of the molecule is C=C[C@@H]1C[C@]1(NC(=O)[C@@H]1C[C@@H]2CN1C(=O)[C@H](C(C)C)NCC(F)(F)CCCCCc1cccc3c1CN(C3)C(=O)O2)C(=O)NS(=O)(=O)C1CC1. The summed E-state index contributed by atoms with van der Waals surface area (Å²) >= 11 is 0. The van der Waals surface area contributed by atoms with Crippen LogP contribution in [-0.2, 0) is 48.7 Å². The molecule has 1 aromatic rings. The summed E-state index contributed by atoms with van der Waals surface area (Å²) in [4.78, 5) is 57.8. The number of alkyl halides is 2. The summed E-state index contributed by atoms with van der Waals surface area (Å²) in [5.74, 6) is -6.30. The Bertz CT molecular complexity index is 1650. The van der Waals surface area contributed by atoms with Crippen LogP contribution in [0.2, 0.25) is 0 Å². The molecule has 2 aliphatic carbocycles. The molecule has 2 saturated carbocycles. The Kier molecular flexibility index (Phi) is 10.0. The van der Waals surface area contributed by atoms with E-state index in [0.717, 1.165) is 23.1 Å². The first-order valence-corrected chi connectivity index (χ1v) is 19.2. The van der Waals surface area contributed by atoms with Gasteiger partial charge >= 0.3 is 6.09 Å². The summed E-state index contributed by atoms with van der Waals surface area (Å²) in [5.41, 5.74) is 1.48. The second-order valence-electron chi connectivity index (χ2n) is 14.9. The average molecular weight is 720 g/mol. The lowest BCUT2D eigenvalue weighted by molar-refractivity contribution is -0.142. The third-order valence-electron chi connectivity index (χ3n) is 10.7. The number of sulfonamides is 1. The molecule has 12 nitrogen and oxygen atoms in total. The molecule has 15 heteroatoms. The van der Waals surface area contributed by atoms with E-state index in [9.17, 15) is 27.6 Å². The first-order valence-electron chi connectivity index (χ1n) is 17.6. The van der Waals surface area contributed by atoms with Crippen LogP contribution in [0.1, 0.15) is 81.9 Å². The number of aryl methyl sites for hydroxylation is 1. The molecule has 0 radical (unpaired) electrons. The van der Waals surface area contributed by atoms with Crippen LogP contribution in [-0.4, -0.2) is 90.0 Å². The van der Waals surface area contributed by atoms with Crippen molar-refractivity contribution in [3.8, 4) is 0 Å². The Balaban J connectivity index is 1.26. The molecule has 3 aliphatic heterocycles. The zero-order valence-corrected chi connectivity index (χ0v) is 29.4. The van der Waals surface area contributed by atoms with Crippen molar-refractivity contribution in [2.45, 2.75) is 120 Å². The lowest BCUT2D eigenvalue weighted by Crippen LogP contribution is -2.59. The largest absolute Gasteiger partial charge is 0.444 e. The van der Waals surface area contributed by atoms with Crippen LogP contribution in [0.5, 0.6) is 0 Å². The molecular formula is C35H47F2N5O7S. The highest BCUT2D eigenvalue weighted by Crippen LogP contribution is 2.45. The molecule has 3 N–H and O–H groups in total. The number of ether oxygens (including phenoxy) is 1. The monoisotopic (exact) mass is 719 g/mol. The van der Waals surface area contributed by atoms with Gasteiger partial charge in [-0.25, -0.2) is 22.0 Å². The molecule has 4 bridgehead atoms. The van der Waals surface area contributed by atoms with Crippen LogP contribution >= 0.6 is 0 Å². The first-order chi connectivity index (χ1) is 23.6. The number of amides is 4. The van der Waals surface area contributed by atoms with E-state index in [-0.39, 0.29) is 25.8 Å². The number of hydrogen-bond acceptors (Lipinski definition) is 8. The van der Waals surface area contributed by atoms with Gasteiger partial charge in [-0.3, -0.25) is 29.3 Å². The predicted molar refractivity (Wildman–Crippen MR) is 179 cm³/mol. The maximum Gasteiger partial charge on any atom is 0.410 e. The lowest BCUT2D eigenvalue weighted by Gasteiger charge is -2.32. The highest BCUT2D eigenvalue weighted by atomic mass is 32.2. The van der Waals surface area contributed by atoms with Crippen LogP contribution in [0.3, 0.4) is 0 Å². The molecule has 4 amide bonds. The van der Waals surface area contributed by atoms with Crippen molar-refractivity contribution in [3.63, 3.8) is 0 Å².